The number of esters is 1. The first kappa shape index (κ1) is 12.4. The summed E-state index contributed by atoms with van der Waals surface area (Å²) in [6.45, 7) is 0.399. The predicted molar refractivity (Wildman–Crippen MR) is 53.3 cm³/mol. The van der Waals surface area contributed by atoms with Gasteiger partial charge in [-0.2, -0.15) is 12.8 Å². The summed E-state index contributed by atoms with van der Waals surface area (Å²) in [5.74, 6) is 0.0649. The molecule has 0 saturated heterocycles. The number of benzene rings is 1. The van der Waals surface area contributed by atoms with Crippen LogP contribution < -0.4 is 0 Å². The van der Waals surface area contributed by atoms with Gasteiger partial charge in [0.25, 0.3) is 0 Å². The Balaban J connectivity index is 0.00000112. The monoisotopic (exact) mass is 287 g/mol. The zero-order chi connectivity index (χ0) is 9.80. The quantitative estimate of drug-likeness (QED) is 0.484. The van der Waals surface area contributed by atoms with Crippen LogP contribution in [0.15, 0.2) is 30.3 Å². The molecular formula is C12H13MoO2-. The van der Waals surface area contributed by atoms with Crippen molar-refractivity contribution in [1.82, 2.24) is 0 Å². The van der Waals surface area contributed by atoms with Gasteiger partial charge in [0, 0.05) is 27.0 Å². The molecule has 80 valence electrons. The van der Waals surface area contributed by atoms with Crippen molar-refractivity contribution < 1.29 is 30.6 Å². The summed E-state index contributed by atoms with van der Waals surface area (Å²) in [5, 5.41) is 0. The minimum atomic E-state index is -0.0589. The van der Waals surface area contributed by atoms with Gasteiger partial charge in [0.2, 0.25) is 0 Å². The Labute approximate surface area is 104 Å². The molecule has 0 spiro atoms. The molecule has 0 amide bonds. The summed E-state index contributed by atoms with van der Waals surface area (Å²) in [4.78, 5) is 11.4. The smallest absolute Gasteiger partial charge is 0.304 e. The van der Waals surface area contributed by atoms with E-state index in [-0.39, 0.29) is 33.0 Å². The van der Waals surface area contributed by atoms with Crippen LogP contribution >= 0.6 is 0 Å². The first-order chi connectivity index (χ1) is 6.86. The number of rotatable bonds is 3. The van der Waals surface area contributed by atoms with E-state index in [9.17, 15) is 4.79 Å². The molecule has 0 N–H and O–H groups in total. The summed E-state index contributed by atoms with van der Waals surface area (Å²) in [5.41, 5.74) is 1.05. The van der Waals surface area contributed by atoms with Gasteiger partial charge in [-0.1, -0.05) is 30.3 Å². The third kappa shape index (κ3) is 3.46. The zero-order valence-electron chi connectivity index (χ0n) is 8.39. The van der Waals surface area contributed by atoms with Gasteiger partial charge in [0.15, 0.2) is 0 Å². The van der Waals surface area contributed by atoms with E-state index in [2.05, 4.69) is 6.42 Å². The SMILES string of the molecule is O=C(OCc1ccccc1)C1C[CH-]C1.[Mo]. The van der Waals surface area contributed by atoms with Gasteiger partial charge < -0.3 is 11.2 Å². The normalized spacial score (nSPS) is 14.9. The van der Waals surface area contributed by atoms with Gasteiger partial charge in [-0.3, -0.25) is 4.79 Å². The molecule has 3 heteroatoms. The van der Waals surface area contributed by atoms with Crippen LogP contribution in [0.4, 0.5) is 0 Å². The molecule has 2 rings (SSSR count). The molecule has 1 aromatic carbocycles. The van der Waals surface area contributed by atoms with Gasteiger partial charge in [0.05, 0.1) is 0 Å². The van der Waals surface area contributed by atoms with Crippen molar-refractivity contribution in [2.45, 2.75) is 19.4 Å². The molecule has 0 aliphatic heterocycles. The number of hydrogen-bond acceptors (Lipinski definition) is 2. The molecule has 1 aromatic rings. The number of ether oxygens (including phenoxy) is 1. The summed E-state index contributed by atoms with van der Waals surface area (Å²) >= 11 is 0. The second-order valence-corrected chi connectivity index (χ2v) is 3.55. The van der Waals surface area contributed by atoms with Gasteiger partial charge in [0.1, 0.15) is 6.61 Å². The number of carbonyl (C=O) groups excluding carboxylic acids is 1. The van der Waals surface area contributed by atoms with E-state index < -0.39 is 0 Å². The average molecular weight is 285 g/mol. The fourth-order valence-electron chi connectivity index (χ4n) is 1.37. The van der Waals surface area contributed by atoms with E-state index in [1.807, 2.05) is 30.3 Å². The van der Waals surface area contributed by atoms with E-state index in [0.29, 0.717) is 6.61 Å². The fraction of sp³-hybridized carbons (Fsp3) is 0.333. The van der Waals surface area contributed by atoms with Gasteiger partial charge in [-0.25, -0.2) is 0 Å². The second-order valence-electron chi connectivity index (χ2n) is 3.55. The average Bonchev–Trinajstić information content (AvgIpc) is 2.14. The van der Waals surface area contributed by atoms with Crippen LogP contribution in [-0.2, 0) is 37.2 Å². The van der Waals surface area contributed by atoms with Crippen molar-refractivity contribution in [2.75, 3.05) is 0 Å². The topological polar surface area (TPSA) is 26.3 Å². The van der Waals surface area contributed by atoms with Gasteiger partial charge >= 0.3 is 5.97 Å². The molecule has 0 unspecified atom stereocenters. The summed E-state index contributed by atoms with van der Waals surface area (Å²) in [7, 11) is 0. The first-order valence-electron chi connectivity index (χ1n) is 4.88. The largest absolute Gasteiger partial charge is 0.461 e. The molecule has 0 atom stereocenters. The van der Waals surface area contributed by atoms with Gasteiger partial charge in [-0.05, 0) is 5.56 Å². The van der Waals surface area contributed by atoms with Crippen LogP contribution in [0.5, 0.6) is 0 Å². The molecule has 1 aliphatic carbocycles. The Morgan fingerprint density at radius 2 is 2.00 bits per heavy atom. The number of hydrogen-bond donors (Lipinski definition) is 0. The van der Waals surface area contributed by atoms with Crippen LogP contribution in [-0.4, -0.2) is 5.97 Å². The van der Waals surface area contributed by atoms with E-state index in [1.165, 1.54) is 0 Å². The van der Waals surface area contributed by atoms with Crippen LogP contribution in [0.1, 0.15) is 18.4 Å². The molecule has 0 radical (unpaired) electrons. The maximum absolute atomic E-state index is 11.4. The zero-order valence-corrected chi connectivity index (χ0v) is 10.4. The fourth-order valence-corrected chi connectivity index (χ4v) is 1.37. The molecular weight excluding hydrogens is 272 g/mol. The first-order valence-corrected chi connectivity index (χ1v) is 4.88. The minimum Gasteiger partial charge on any atom is -0.461 e. The molecule has 1 aliphatic rings. The van der Waals surface area contributed by atoms with Crippen LogP contribution in [0.3, 0.4) is 0 Å². The Kier molecular flexibility index (Phi) is 5.04. The molecule has 0 heterocycles. The summed E-state index contributed by atoms with van der Waals surface area (Å²) in [6.07, 6.45) is 3.87. The standard InChI is InChI=1S/C12H13O2.Mo/c13-12(11-7-4-8-11)14-9-10-5-2-1-3-6-10;/h1-6,11H,7-9H2;/q-1;. The molecule has 2 nitrogen and oxygen atoms in total. The van der Waals surface area contributed by atoms with E-state index in [1.54, 1.807) is 0 Å². The number of carbonyl (C=O) groups is 1. The van der Waals surface area contributed by atoms with E-state index in [4.69, 9.17) is 4.74 Å². The third-order valence-corrected chi connectivity index (χ3v) is 2.46. The van der Waals surface area contributed by atoms with Crippen molar-refractivity contribution in [3.05, 3.63) is 42.3 Å². The van der Waals surface area contributed by atoms with E-state index >= 15 is 0 Å². The summed E-state index contributed by atoms with van der Waals surface area (Å²) < 4.78 is 5.17. The van der Waals surface area contributed by atoms with Crippen molar-refractivity contribution in [1.29, 1.82) is 0 Å². The van der Waals surface area contributed by atoms with Crippen molar-refractivity contribution >= 4 is 5.97 Å². The van der Waals surface area contributed by atoms with Gasteiger partial charge in [-0.15, -0.1) is 0 Å². The second kappa shape index (κ2) is 6.07. The molecule has 0 bridgehead atoms. The Morgan fingerprint density at radius 1 is 1.33 bits per heavy atom. The maximum atomic E-state index is 11.4. The van der Waals surface area contributed by atoms with Crippen LogP contribution in [0.2, 0.25) is 0 Å². The molecule has 15 heavy (non-hydrogen) atoms. The maximum Gasteiger partial charge on any atom is 0.304 e. The Hall–Kier alpha value is -0.622. The molecule has 1 saturated carbocycles. The van der Waals surface area contributed by atoms with Crippen LogP contribution in [0.25, 0.3) is 0 Å². The Morgan fingerprint density at radius 3 is 2.53 bits per heavy atom. The minimum absolute atomic E-state index is 0. The summed E-state index contributed by atoms with van der Waals surface area (Å²) in [6, 6.07) is 9.76. The molecule has 0 aromatic heterocycles. The van der Waals surface area contributed by atoms with Crippen molar-refractivity contribution in [3.8, 4) is 0 Å². The molecule has 1 fully saturated rings. The predicted octanol–water partition coefficient (Wildman–Crippen LogP) is 2.34. The van der Waals surface area contributed by atoms with Crippen molar-refractivity contribution in [3.63, 3.8) is 0 Å². The Bertz CT molecular complexity index is 307. The van der Waals surface area contributed by atoms with E-state index in [0.717, 1.165) is 18.4 Å². The van der Waals surface area contributed by atoms with Crippen molar-refractivity contribution in [2.24, 2.45) is 5.92 Å². The third-order valence-electron chi connectivity index (χ3n) is 2.46. The van der Waals surface area contributed by atoms with Crippen LogP contribution in [0, 0.1) is 12.3 Å².